The zero-order valence-corrected chi connectivity index (χ0v) is 11.6. The summed E-state index contributed by atoms with van der Waals surface area (Å²) in [5.41, 5.74) is 1.29. The van der Waals surface area contributed by atoms with E-state index in [1.54, 1.807) is 7.11 Å². The van der Waals surface area contributed by atoms with Gasteiger partial charge in [-0.25, -0.2) is 0 Å². The van der Waals surface area contributed by atoms with Gasteiger partial charge in [-0.1, -0.05) is 12.1 Å². The molecule has 2 atom stereocenters. The van der Waals surface area contributed by atoms with Crippen molar-refractivity contribution in [2.24, 2.45) is 0 Å². The molecule has 0 aromatic heterocycles. The van der Waals surface area contributed by atoms with E-state index in [4.69, 9.17) is 4.74 Å². The van der Waals surface area contributed by atoms with Gasteiger partial charge < -0.3 is 15.0 Å². The molecule has 0 amide bonds. The minimum absolute atomic E-state index is 0.370. The first kappa shape index (κ1) is 13.4. The zero-order chi connectivity index (χ0) is 13.0. The van der Waals surface area contributed by atoms with Gasteiger partial charge in [0.25, 0.3) is 0 Å². The van der Waals surface area contributed by atoms with E-state index in [0.717, 1.165) is 12.3 Å². The van der Waals surface area contributed by atoms with E-state index < -0.39 is 0 Å². The van der Waals surface area contributed by atoms with Gasteiger partial charge in [0.15, 0.2) is 0 Å². The first-order valence-corrected chi connectivity index (χ1v) is 6.78. The van der Waals surface area contributed by atoms with Crippen molar-refractivity contribution < 1.29 is 4.74 Å². The Balaban J connectivity index is 1.88. The molecule has 1 saturated heterocycles. The maximum atomic E-state index is 5.26. The SMILES string of the molecule is COc1cccc(C(C)NCC2CCCN2C)c1. The molecule has 2 unspecified atom stereocenters. The summed E-state index contributed by atoms with van der Waals surface area (Å²) in [7, 11) is 3.93. The fraction of sp³-hybridized carbons (Fsp3) is 0.600. The molecule has 1 aliphatic rings. The molecule has 3 heteroatoms. The lowest BCUT2D eigenvalue weighted by molar-refractivity contribution is 0.293. The fourth-order valence-electron chi connectivity index (χ4n) is 2.58. The normalized spacial score (nSPS) is 22.1. The first-order valence-electron chi connectivity index (χ1n) is 6.78. The summed E-state index contributed by atoms with van der Waals surface area (Å²) in [6.07, 6.45) is 2.64. The van der Waals surface area contributed by atoms with Crippen molar-refractivity contribution in [3.63, 3.8) is 0 Å². The van der Waals surface area contributed by atoms with Crippen molar-refractivity contribution in [3.05, 3.63) is 29.8 Å². The van der Waals surface area contributed by atoms with Gasteiger partial charge >= 0.3 is 0 Å². The van der Waals surface area contributed by atoms with Crippen LogP contribution in [0.5, 0.6) is 5.75 Å². The van der Waals surface area contributed by atoms with Crippen LogP contribution in [0, 0.1) is 0 Å². The Bertz CT molecular complexity index is 381. The summed E-state index contributed by atoms with van der Waals surface area (Å²) in [5, 5.41) is 3.63. The van der Waals surface area contributed by atoms with E-state index in [2.05, 4.69) is 36.3 Å². The molecule has 0 aliphatic carbocycles. The van der Waals surface area contributed by atoms with Crippen LogP contribution < -0.4 is 10.1 Å². The fourth-order valence-corrected chi connectivity index (χ4v) is 2.58. The summed E-state index contributed by atoms with van der Waals surface area (Å²) in [6.45, 7) is 4.51. The van der Waals surface area contributed by atoms with Crippen LogP contribution >= 0.6 is 0 Å². The predicted octanol–water partition coefficient (Wildman–Crippen LogP) is 2.44. The monoisotopic (exact) mass is 248 g/mol. The van der Waals surface area contributed by atoms with E-state index in [1.807, 2.05) is 12.1 Å². The first-order chi connectivity index (χ1) is 8.70. The number of hydrogen-bond donors (Lipinski definition) is 1. The number of likely N-dealkylation sites (tertiary alicyclic amines) is 1. The van der Waals surface area contributed by atoms with E-state index in [9.17, 15) is 0 Å². The highest BCUT2D eigenvalue weighted by molar-refractivity contribution is 5.30. The van der Waals surface area contributed by atoms with E-state index in [1.165, 1.54) is 24.9 Å². The number of benzene rings is 1. The number of likely N-dealkylation sites (N-methyl/N-ethyl adjacent to an activating group) is 1. The van der Waals surface area contributed by atoms with Crippen molar-refractivity contribution in [2.75, 3.05) is 27.2 Å². The van der Waals surface area contributed by atoms with Crippen LogP contribution in [0.25, 0.3) is 0 Å². The molecule has 0 bridgehead atoms. The molecule has 1 heterocycles. The summed E-state index contributed by atoms with van der Waals surface area (Å²) in [4.78, 5) is 2.45. The largest absolute Gasteiger partial charge is 0.497 e. The Hall–Kier alpha value is -1.06. The lowest BCUT2D eigenvalue weighted by atomic mass is 10.1. The number of hydrogen-bond acceptors (Lipinski definition) is 3. The third-order valence-corrected chi connectivity index (χ3v) is 3.92. The van der Waals surface area contributed by atoms with Crippen LogP contribution in [-0.4, -0.2) is 38.2 Å². The van der Waals surface area contributed by atoms with Gasteiger partial charge in [-0.05, 0) is 51.1 Å². The van der Waals surface area contributed by atoms with Gasteiger partial charge in [-0.3, -0.25) is 0 Å². The number of ether oxygens (including phenoxy) is 1. The maximum Gasteiger partial charge on any atom is 0.119 e. The van der Waals surface area contributed by atoms with E-state index in [0.29, 0.717) is 12.1 Å². The third kappa shape index (κ3) is 3.24. The van der Waals surface area contributed by atoms with Crippen molar-refractivity contribution in [3.8, 4) is 5.75 Å². The van der Waals surface area contributed by atoms with Crippen LogP contribution in [0.4, 0.5) is 0 Å². The Morgan fingerprint density at radius 1 is 1.50 bits per heavy atom. The Kier molecular flexibility index (Phi) is 4.61. The highest BCUT2D eigenvalue weighted by Crippen LogP contribution is 2.20. The predicted molar refractivity (Wildman–Crippen MR) is 75.1 cm³/mol. The summed E-state index contributed by atoms with van der Waals surface area (Å²) in [6, 6.07) is 9.36. The van der Waals surface area contributed by atoms with Gasteiger partial charge in [-0.2, -0.15) is 0 Å². The topological polar surface area (TPSA) is 24.5 Å². The van der Waals surface area contributed by atoms with Gasteiger partial charge in [-0.15, -0.1) is 0 Å². The van der Waals surface area contributed by atoms with E-state index in [-0.39, 0.29) is 0 Å². The molecule has 1 fully saturated rings. The molecule has 1 N–H and O–H groups in total. The highest BCUT2D eigenvalue weighted by atomic mass is 16.5. The summed E-state index contributed by atoms with van der Waals surface area (Å²) < 4.78 is 5.26. The van der Waals surface area contributed by atoms with Crippen LogP contribution in [0.2, 0.25) is 0 Å². The molecule has 1 aromatic rings. The average molecular weight is 248 g/mol. The Labute approximate surface area is 110 Å². The zero-order valence-electron chi connectivity index (χ0n) is 11.6. The number of methoxy groups -OCH3 is 1. The average Bonchev–Trinajstić information content (AvgIpc) is 2.81. The van der Waals surface area contributed by atoms with Crippen LogP contribution in [-0.2, 0) is 0 Å². The lowest BCUT2D eigenvalue weighted by Crippen LogP contribution is -2.36. The molecule has 3 nitrogen and oxygen atoms in total. The maximum absolute atomic E-state index is 5.26. The third-order valence-electron chi connectivity index (χ3n) is 3.92. The van der Waals surface area contributed by atoms with Gasteiger partial charge in [0.1, 0.15) is 5.75 Å². The Morgan fingerprint density at radius 3 is 3.00 bits per heavy atom. The molecular weight excluding hydrogens is 224 g/mol. The molecule has 18 heavy (non-hydrogen) atoms. The summed E-state index contributed by atoms with van der Waals surface area (Å²) >= 11 is 0. The second-order valence-electron chi connectivity index (χ2n) is 5.18. The number of nitrogens with zero attached hydrogens (tertiary/aromatic N) is 1. The lowest BCUT2D eigenvalue weighted by Gasteiger charge is -2.23. The minimum Gasteiger partial charge on any atom is -0.497 e. The molecule has 2 rings (SSSR count). The van der Waals surface area contributed by atoms with Crippen molar-refractivity contribution >= 4 is 0 Å². The van der Waals surface area contributed by atoms with Crippen LogP contribution in [0.1, 0.15) is 31.4 Å². The van der Waals surface area contributed by atoms with Gasteiger partial charge in [0, 0.05) is 18.6 Å². The molecule has 0 spiro atoms. The van der Waals surface area contributed by atoms with E-state index >= 15 is 0 Å². The molecule has 0 radical (unpaired) electrons. The smallest absolute Gasteiger partial charge is 0.119 e. The van der Waals surface area contributed by atoms with Crippen molar-refractivity contribution in [1.29, 1.82) is 0 Å². The number of nitrogens with one attached hydrogen (secondary N) is 1. The molecular formula is C15H24N2O. The second-order valence-corrected chi connectivity index (χ2v) is 5.18. The van der Waals surface area contributed by atoms with Crippen molar-refractivity contribution in [1.82, 2.24) is 10.2 Å². The molecule has 1 aromatic carbocycles. The standard InChI is InChI=1S/C15H24N2O/c1-12(13-6-4-8-15(10-13)18-3)16-11-14-7-5-9-17(14)2/h4,6,8,10,12,14,16H,5,7,9,11H2,1-3H3. The van der Waals surface area contributed by atoms with Gasteiger partial charge in [0.2, 0.25) is 0 Å². The van der Waals surface area contributed by atoms with Crippen LogP contribution in [0.3, 0.4) is 0 Å². The number of rotatable bonds is 5. The van der Waals surface area contributed by atoms with Gasteiger partial charge in [0.05, 0.1) is 7.11 Å². The van der Waals surface area contributed by atoms with Crippen LogP contribution in [0.15, 0.2) is 24.3 Å². The minimum atomic E-state index is 0.370. The summed E-state index contributed by atoms with van der Waals surface area (Å²) in [5.74, 6) is 0.930. The molecule has 1 aliphatic heterocycles. The highest BCUT2D eigenvalue weighted by Gasteiger charge is 2.21. The molecule has 100 valence electrons. The van der Waals surface area contributed by atoms with Crippen molar-refractivity contribution in [2.45, 2.75) is 31.8 Å². The Morgan fingerprint density at radius 2 is 2.33 bits per heavy atom. The second kappa shape index (κ2) is 6.21. The molecule has 0 saturated carbocycles. The quantitative estimate of drug-likeness (QED) is 0.866.